The molecular weight excluding hydrogens is 1770 g/mol. The van der Waals surface area contributed by atoms with E-state index in [1.807, 2.05) is 6.92 Å². The molecule has 26 nitrogen and oxygen atoms in total. The third-order valence-electron chi connectivity index (χ3n) is 19.0. The van der Waals surface area contributed by atoms with E-state index in [0.29, 0.717) is 59.9 Å². The average Bonchev–Trinajstić information content (AvgIpc) is 1.71. The zero-order chi connectivity index (χ0) is 82.8. The zero-order valence-electron chi connectivity index (χ0n) is 68.3. The van der Waals surface area contributed by atoms with Gasteiger partial charge < -0.3 is 48.3 Å². The normalized spacial score (nSPS) is 14.4. The van der Waals surface area contributed by atoms with Gasteiger partial charge in [0.15, 0.2) is 33.3 Å². The van der Waals surface area contributed by atoms with Crippen LogP contribution in [0.5, 0.6) is 0 Å². The molecule has 9 N–H and O–H groups in total. The van der Waals surface area contributed by atoms with E-state index in [-0.39, 0.29) is 102 Å². The molecule has 4 aromatic rings. The second-order valence-corrected chi connectivity index (χ2v) is 55.3. The number of carbonyl (C=O) groups is 6. The van der Waals surface area contributed by atoms with E-state index >= 15 is 0 Å². The van der Waals surface area contributed by atoms with Crippen molar-refractivity contribution in [3.63, 3.8) is 0 Å². The fourth-order valence-corrected chi connectivity index (χ4v) is 15.4. The van der Waals surface area contributed by atoms with E-state index in [0.717, 1.165) is 73.3 Å². The van der Waals surface area contributed by atoms with Crippen LogP contribution in [0.1, 0.15) is 228 Å². The Kier molecular flexibility index (Phi) is 51.9. The fraction of sp³-hybridized carbons (Fsp3) is 0.623. The van der Waals surface area contributed by atoms with Crippen LogP contribution in [0, 0.1) is 12.7 Å². The van der Waals surface area contributed by atoms with Gasteiger partial charge in [0.1, 0.15) is 10.8 Å². The molecule has 4 amide bonds. The number of ether oxygens (including phenoxy) is 1. The first-order chi connectivity index (χ1) is 49.9. The van der Waals surface area contributed by atoms with Crippen molar-refractivity contribution in [2.24, 2.45) is 11.8 Å². The van der Waals surface area contributed by atoms with Gasteiger partial charge in [0, 0.05) is 57.1 Å². The van der Waals surface area contributed by atoms with Crippen LogP contribution in [-0.4, -0.2) is 170 Å². The van der Waals surface area contributed by atoms with Crippen molar-refractivity contribution in [1.29, 1.82) is 0 Å². The minimum Gasteiger partial charge on any atom is -0.417 e. The summed E-state index contributed by atoms with van der Waals surface area (Å²) in [6, 6.07) is 17.6. The molecule has 5 heterocycles. The Morgan fingerprint density at radius 1 is 0.613 bits per heavy atom. The molecule has 4 aliphatic rings. The molecule has 1 aromatic heterocycles. The Morgan fingerprint density at radius 2 is 0.973 bits per heavy atom. The quantitative estimate of drug-likeness (QED) is 0.0100. The van der Waals surface area contributed by atoms with Crippen LogP contribution in [-0.2, 0) is 83.7 Å². The summed E-state index contributed by atoms with van der Waals surface area (Å²) in [6.07, 6.45) is 6.33. The van der Waals surface area contributed by atoms with Gasteiger partial charge in [-0.25, -0.2) is 26.2 Å². The number of aliphatic hydroxyl groups excluding tert-OH is 1. The molecule has 0 radical (unpaired) electrons. The largest absolute Gasteiger partial charge is 0.417 e. The third-order valence-corrected chi connectivity index (χ3v) is 42.3. The Morgan fingerprint density at radius 3 is 1.30 bits per heavy atom. The summed E-state index contributed by atoms with van der Waals surface area (Å²) in [5.41, 5.74) is 10.4. The maximum Gasteiger partial charge on any atom is 0.285 e. The van der Waals surface area contributed by atoms with Crippen LogP contribution in [0.25, 0.3) is 0 Å². The molecule has 1 fully saturated rings. The Labute approximate surface area is 694 Å². The minimum absolute atomic E-state index is 0. The average molecular weight is 1910 g/mol. The van der Waals surface area contributed by atoms with Gasteiger partial charge in [-0.1, -0.05) is 164 Å². The van der Waals surface area contributed by atoms with Crippen molar-refractivity contribution in [2.75, 3.05) is 71.8 Å². The molecule has 630 valence electrons. The number of aromatic nitrogens is 2. The monoisotopic (exact) mass is 1900 g/mol. The first-order valence-electron chi connectivity index (χ1n) is 36.2. The first kappa shape index (κ1) is 111. The maximum absolute atomic E-state index is 13.2. The Bertz CT molecular complexity index is 3380. The summed E-state index contributed by atoms with van der Waals surface area (Å²) in [4.78, 5) is 89.9. The number of amides is 4. The van der Waals surface area contributed by atoms with Crippen LogP contribution in [0.3, 0.4) is 0 Å². The molecule has 0 saturated carbocycles. The van der Waals surface area contributed by atoms with Crippen LogP contribution < -0.4 is 22.8 Å². The van der Waals surface area contributed by atoms with Gasteiger partial charge in [-0.15, -0.1) is 10.1 Å². The number of aliphatic hydroxyl groups is 1. The number of nitrogens with two attached hydrogens (primary N) is 3. The first-order valence-corrected chi connectivity index (χ1v) is 53.5. The van der Waals surface area contributed by atoms with Crippen molar-refractivity contribution in [2.45, 2.75) is 250 Å². The molecule has 0 aliphatic carbocycles. The molecule has 8 rings (SSSR count). The van der Waals surface area contributed by atoms with Gasteiger partial charge in [-0.05, 0) is 160 Å². The molecule has 3 aromatic carbocycles. The van der Waals surface area contributed by atoms with Gasteiger partial charge in [0.05, 0.1) is 65.1 Å². The Hall–Kier alpha value is -4.62. The Balaban J connectivity index is -0.00000123. The number of halogens is 2. The number of fused-ring (bicyclic) bond motifs is 3. The van der Waals surface area contributed by atoms with Crippen molar-refractivity contribution < 1.29 is 111 Å². The number of hydroxylamine groups is 4. The van der Waals surface area contributed by atoms with E-state index in [9.17, 15) is 33.2 Å². The summed E-state index contributed by atoms with van der Waals surface area (Å²) in [6.45, 7) is 55.4. The molecule has 0 unspecified atom stereocenters. The number of hydrogen-bond acceptors (Lipinski definition) is 24. The number of anilines is 1. The van der Waals surface area contributed by atoms with Crippen molar-refractivity contribution in [3.8, 4) is 0 Å². The molecular formula is C77H136BrFHgN8O18SSi4. The molecule has 0 spiro atoms. The van der Waals surface area contributed by atoms with Crippen molar-refractivity contribution >= 4 is 108 Å². The number of nitrogens with one attached hydrogen (secondary N) is 1. The SMILES string of the molecule is C.C.C.C1CCOC1.CC(=O)[O][Hg][O]C(C)=O.CC(C)(C)[Si](C)(C)OCCCO.CC(C)(C)[Si](C)(C)OCCCON.CC(C)(C)[Si](C)(C)OCCCON.CC(C)(C)[Si](C)(C)OCCCON1C(=O)c2ccccc2C1=O.Cc1nc(N)nc2c1C(=S)N[C@@H](c1ccc(F)cc1Br)C2.O=C1c2ccccc2C(=O)N1O. The molecule has 111 heavy (non-hydrogen) atoms. The summed E-state index contributed by atoms with van der Waals surface area (Å²) in [5.74, 6) is 6.97. The number of rotatable bonds is 23. The van der Waals surface area contributed by atoms with Gasteiger partial charge >= 0.3 is 66.2 Å². The van der Waals surface area contributed by atoms with E-state index in [2.05, 4.69) is 182 Å². The number of thiocarbonyl (C=S) groups is 1. The second kappa shape index (κ2) is 52.2. The van der Waals surface area contributed by atoms with Gasteiger partial charge in [0.2, 0.25) is 5.95 Å². The number of nitrogens with zero attached hydrogens (tertiary/aromatic N) is 4. The molecule has 4 aliphatic heterocycles. The number of benzene rings is 3. The number of imide groups is 2. The van der Waals surface area contributed by atoms with Crippen molar-refractivity contribution in [3.05, 3.63) is 122 Å². The summed E-state index contributed by atoms with van der Waals surface area (Å²) in [7, 11) is -6.42. The van der Waals surface area contributed by atoms with E-state index < -0.39 is 82.4 Å². The smallest absolute Gasteiger partial charge is 0.285 e. The third kappa shape index (κ3) is 38.8. The van der Waals surface area contributed by atoms with E-state index in [4.69, 9.17) is 67.3 Å². The summed E-state index contributed by atoms with van der Waals surface area (Å²) < 4.78 is 51.5. The molecule has 1 atom stereocenters. The van der Waals surface area contributed by atoms with Crippen LogP contribution >= 0.6 is 28.1 Å². The number of carbonyl (C=O) groups excluding carboxylic acids is 6. The van der Waals surface area contributed by atoms with E-state index in [1.165, 1.54) is 51.0 Å². The van der Waals surface area contributed by atoms with Gasteiger partial charge in [-0.2, -0.15) is 0 Å². The van der Waals surface area contributed by atoms with Gasteiger partial charge in [-0.3, -0.25) is 29.2 Å². The van der Waals surface area contributed by atoms with Crippen LogP contribution in [0.2, 0.25) is 72.5 Å². The molecule has 1 saturated heterocycles. The van der Waals surface area contributed by atoms with Crippen LogP contribution in [0.15, 0.2) is 71.2 Å². The predicted octanol–water partition coefficient (Wildman–Crippen LogP) is 16.8. The maximum atomic E-state index is 13.2. The number of aryl methyl sites for hydroxylation is 1. The minimum atomic E-state index is -2.04. The molecule has 34 heteroatoms. The summed E-state index contributed by atoms with van der Waals surface area (Å²) >= 11 is 6.77. The van der Waals surface area contributed by atoms with E-state index in [1.54, 1.807) is 42.5 Å². The number of hydrogen-bond donors (Lipinski definition) is 6. The fourth-order valence-electron chi connectivity index (χ4n) is 8.45. The van der Waals surface area contributed by atoms with Crippen molar-refractivity contribution in [1.82, 2.24) is 25.4 Å². The number of nitrogen functional groups attached to an aromatic ring is 1. The van der Waals surface area contributed by atoms with Gasteiger partial charge in [0.25, 0.3) is 23.6 Å². The van der Waals surface area contributed by atoms with Crippen LogP contribution in [0.4, 0.5) is 10.3 Å². The summed E-state index contributed by atoms with van der Waals surface area (Å²) in [5, 5.41) is 22.8. The topological polar surface area (TPSA) is 358 Å². The zero-order valence-corrected chi connectivity index (χ0v) is 80.2. The molecule has 0 bridgehead atoms. The second-order valence-electron chi connectivity index (χ2n) is 31.7. The predicted molar refractivity (Wildman–Crippen MR) is 450 cm³/mol. The standard InChI is InChI=1S/C17H25NO4Si.C14H12BrFN4S.2C9H23NO2Si.C9H22O2Si.C8H5NO3.C4H8O.2C2H4O2.3CH4.Hg/c1-17(2,3)23(4,5)22-12-8-11-21-18-15(19)13-9-6-7-10-14(13)16(18)20;1-6-12-11(20-14(17)18-6)5-10(19-13(12)21)8-3-2-7(16)4-9(8)15;2*1-9(2,3)13(4,5)12-8-6-7-11-10;1-9(2,3)12(4,5)11-8-6-7-10;10-7-5-3-1-2-4-6(5)8(11)9(7)12;1-2-4-5-3-1;2*1-2(3)4;;;;/h6-7,9-10H,8,11-12H2,1-5H3;2-4,10H,5H2,1H3,(H,19,21)(H2,17,18,20);2*6-8,10H2,1-5H3;10H,6-8H2,1-5H3;1-4,12H;1-4H2;2*1H3,(H,3,4);3*1H4;/q;;;;;;;;;;;;+2/p-2/t;10-;;;;;;;;;;;/m.1.........../s1.